The second kappa shape index (κ2) is 2.13. The van der Waals surface area contributed by atoms with Crippen LogP contribution in [-0.4, -0.2) is 5.75 Å². The molecule has 0 saturated heterocycles. The van der Waals surface area contributed by atoms with Crippen molar-refractivity contribution in [2.45, 2.75) is 0 Å². The highest BCUT2D eigenvalue weighted by Crippen LogP contribution is 2.13. The van der Waals surface area contributed by atoms with E-state index in [0.29, 0.717) is 0 Å². The van der Waals surface area contributed by atoms with Crippen LogP contribution in [0, 0.1) is 0 Å². The molecular weight excluding hydrogens is 120 g/mol. The van der Waals surface area contributed by atoms with Crippen molar-refractivity contribution in [3.05, 3.63) is 22.9 Å². The lowest BCUT2D eigenvalue weighted by atomic mass is 10.4. The third-order valence-electron chi connectivity index (χ3n) is 0.821. The summed E-state index contributed by atoms with van der Waals surface area (Å²) in [5.74, 6) is 0.876. The van der Waals surface area contributed by atoms with Crippen LogP contribution >= 0.6 is 11.8 Å². The predicted octanol–water partition coefficient (Wildman–Crippen LogP) is 0.376. The summed E-state index contributed by atoms with van der Waals surface area (Å²) in [5.41, 5.74) is 12.5. The minimum atomic E-state index is 0.763. The van der Waals surface area contributed by atoms with Gasteiger partial charge in [0.1, 0.15) is 0 Å². The van der Waals surface area contributed by atoms with Crippen LogP contribution in [-0.2, 0) is 0 Å². The van der Waals surface area contributed by atoms with Gasteiger partial charge in [0.2, 0.25) is 0 Å². The molecule has 0 aliphatic carbocycles. The van der Waals surface area contributed by atoms with E-state index in [9.17, 15) is 0 Å². The SMILES string of the molecule is NC1=CSCC(N)=C1. The van der Waals surface area contributed by atoms with E-state index < -0.39 is 0 Å². The van der Waals surface area contributed by atoms with Crippen LogP contribution < -0.4 is 11.5 Å². The molecule has 1 aliphatic rings. The molecule has 0 radical (unpaired) electrons. The first-order valence-corrected chi connectivity index (χ1v) is 3.37. The van der Waals surface area contributed by atoms with Gasteiger partial charge in [-0.2, -0.15) is 0 Å². The van der Waals surface area contributed by atoms with Crippen LogP contribution in [0.25, 0.3) is 0 Å². The fourth-order valence-corrected chi connectivity index (χ4v) is 1.14. The first kappa shape index (κ1) is 5.56. The van der Waals surface area contributed by atoms with Crippen LogP contribution in [0.2, 0.25) is 0 Å². The summed E-state index contributed by atoms with van der Waals surface area (Å²) in [6.07, 6.45) is 1.79. The molecule has 1 heterocycles. The van der Waals surface area contributed by atoms with E-state index in [-0.39, 0.29) is 0 Å². The van der Waals surface area contributed by atoms with Crippen molar-refractivity contribution in [3.8, 4) is 0 Å². The minimum Gasteiger partial charge on any atom is -0.401 e. The van der Waals surface area contributed by atoms with E-state index in [2.05, 4.69) is 0 Å². The topological polar surface area (TPSA) is 52.0 Å². The summed E-state index contributed by atoms with van der Waals surface area (Å²) in [6.45, 7) is 0. The van der Waals surface area contributed by atoms with Crippen LogP contribution in [0.1, 0.15) is 0 Å². The van der Waals surface area contributed by atoms with E-state index in [1.54, 1.807) is 17.8 Å². The Morgan fingerprint density at radius 2 is 2.25 bits per heavy atom. The smallest absolute Gasteiger partial charge is 0.0395 e. The molecule has 1 aliphatic heterocycles. The maximum atomic E-state index is 5.44. The highest BCUT2D eigenvalue weighted by atomic mass is 32.2. The lowest BCUT2D eigenvalue weighted by molar-refractivity contribution is 1.28. The molecule has 0 spiro atoms. The predicted molar refractivity (Wildman–Crippen MR) is 37.0 cm³/mol. The van der Waals surface area contributed by atoms with Crippen LogP contribution in [0.3, 0.4) is 0 Å². The fourth-order valence-electron chi connectivity index (χ4n) is 0.524. The van der Waals surface area contributed by atoms with Gasteiger partial charge in [0, 0.05) is 17.1 Å². The van der Waals surface area contributed by atoms with Crippen LogP contribution in [0.15, 0.2) is 22.9 Å². The normalized spacial score (nSPS) is 19.5. The molecule has 0 unspecified atom stereocenters. The monoisotopic (exact) mass is 128 g/mol. The third-order valence-corrected chi connectivity index (χ3v) is 1.76. The summed E-state index contributed by atoms with van der Waals surface area (Å²) < 4.78 is 0. The average molecular weight is 128 g/mol. The maximum absolute atomic E-state index is 5.44. The van der Waals surface area contributed by atoms with Crippen molar-refractivity contribution in [1.82, 2.24) is 0 Å². The van der Waals surface area contributed by atoms with Crippen molar-refractivity contribution in [2.24, 2.45) is 11.5 Å². The molecule has 8 heavy (non-hydrogen) atoms. The molecule has 0 aromatic rings. The molecule has 0 fully saturated rings. The van der Waals surface area contributed by atoms with Gasteiger partial charge < -0.3 is 11.5 Å². The van der Waals surface area contributed by atoms with Gasteiger partial charge in [-0.05, 0) is 11.5 Å². The van der Waals surface area contributed by atoms with Gasteiger partial charge in [0.15, 0.2) is 0 Å². The Hall–Kier alpha value is -0.570. The summed E-state index contributed by atoms with van der Waals surface area (Å²) in [4.78, 5) is 0. The third kappa shape index (κ3) is 1.20. The molecule has 0 atom stereocenters. The van der Waals surface area contributed by atoms with Gasteiger partial charge in [-0.25, -0.2) is 0 Å². The number of allylic oxidation sites excluding steroid dienone is 1. The number of thioether (sulfide) groups is 1. The Labute approximate surface area is 52.6 Å². The quantitative estimate of drug-likeness (QED) is 0.495. The molecule has 0 amide bonds. The molecule has 3 heteroatoms. The van der Waals surface area contributed by atoms with Crippen molar-refractivity contribution in [3.63, 3.8) is 0 Å². The Morgan fingerprint density at radius 3 is 2.62 bits per heavy atom. The van der Waals surface area contributed by atoms with Gasteiger partial charge in [0.25, 0.3) is 0 Å². The van der Waals surface area contributed by atoms with Gasteiger partial charge >= 0.3 is 0 Å². The van der Waals surface area contributed by atoms with Gasteiger partial charge in [-0.15, -0.1) is 11.8 Å². The highest BCUT2D eigenvalue weighted by Gasteiger charge is 1.96. The minimum absolute atomic E-state index is 0.763. The van der Waals surface area contributed by atoms with Gasteiger partial charge in [-0.3, -0.25) is 0 Å². The van der Waals surface area contributed by atoms with E-state index in [0.717, 1.165) is 17.1 Å². The summed E-state index contributed by atoms with van der Waals surface area (Å²) in [7, 11) is 0. The number of rotatable bonds is 0. The number of hydrogen-bond donors (Lipinski definition) is 2. The van der Waals surface area contributed by atoms with Crippen molar-refractivity contribution < 1.29 is 0 Å². The second-order valence-electron chi connectivity index (χ2n) is 1.65. The molecule has 0 bridgehead atoms. The average Bonchev–Trinajstić information content (AvgIpc) is 1.64. The molecule has 0 saturated carbocycles. The molecule has 2 nitrogen and oxygen atoms in total. The lowest BCUT2D eigenvalue weighted by Gasteiger charge is -2.04. The second-order valence-corrected chi connectivity index (χ2v) is 2.51. The Kier molecular flexibility index (Phi) is 1.48. The largest absolute Gasteiger partial charge is 0.401 e. The van der Waals surface area contributed by atoms with Gasteiger partial charge in [0.05, 0.1) is 0 Å². The zero-order chi connectivity index (χ0) is 5.98. The fraction of sp³-hybridized carbons (Fsp3) is 0.200. The summed E-state index contributed by atoms with van der Waals surface area (Å²) >= 11 is 1.63. The van der Waals surface area contributed by atoms with E-state index in [1.807, 2.05) is 5.41 Å². The summed E-state index contributed by atoms with van der Waals surface area (Å²) in [5, 5.41) is 1.90. The van der Waals surface area contributed by atoms with E-state index in [4.69, 9.17) is 11.5 Å². The Morgan fingerprint density at radius 1 is 1.50 bits per heavy atom. The molecule has 0 aromatic heterocycles. The summed E-state index contributed by atoms with van der Waals surface area (Å²) in [6, 6.07) is 0. The number of nitrogens with two attached hydrogens (primary N) is 2. The molecular formula is C5H8N2S. The Bertz CT molecular complexity index is 149. The maximum Gasteiger partial charge on any atom is 0.0395 e. The Balaban J connectivity index is 2.69. The van der Waals surface area contributed by atoms with E-state index >= 15 is 0 Å². The highest BCUT2D eigenvalue weighted by molar-refractivity contribution is 8.02. The van der Waals surface area contributed by atoms with Crippen molar-refractivity contribution in [2.75, 3.05) is 5.75 Å². The van der Waals surface area contributed by atoms with Crippen molar-refractivity contribution >= 4 is 11.8 Å². The standard InChI is InChI=1S/C5H8N2S/c6-4-1-5(7)3-8-2-4/h1-2H,3,6-7H2. The van der Waals surface area contributed by atoms with Crippen molar-refractivity contribution in [1.29, 1.82) is 0 Å². The number of hydrogen-bond acceptors (Lipinski definition) is 3. The first-order valence-electron chi connectivity index (χ1n) is 2.32. The zero-order valence-corrected chi connectivity index (χ0v) is 5.24. The van der Waals surface area contributed by atoms with E-state index in [1.165, 1.54) is 0 Å². The van der Waals surface area contributed by atoms with Gasteiger partial charge in [-0.1, -0.05) is 0 Å². The molecule has 0 aromatic carbocycles. The van der Waals surface area contributed by atoms with Crippen LogP contribution in [0.5, 0.6) is 0 Å². The lowest BCUT2D eigenvalue weighted by Crippen LogP contribution is -2.06. The zero-order valence-electron chi connectivity index (χ0n) is 4.42. The first-order chi connectivity index (χ1) is 3.79. The molecule has 1 rings (SSSR count). The van der Waals surface area contributed by atoms with Crippen LogP contribution in [0.4, 0.5) is 0 Å². The molecule has 4 N–H and O–H groups in total. The molecule has 44 valence electrons.